The van der Waals surface area contributed by atoms with E-state index in [1.54, 1.807) is 0 Å². The topological polar surface area (TPSA) is 41.6 Å². The smallest absolute Gasteiger partial charge is 0.255 e. The van der Waals surface area contributed by atoms with Gasteiger partial charge in [0.2, 0.25) is 0 Å². The quantitative estimate of drug-likeness (QED) is 0.592. The molecule has 0 aromatic heterocycles. The van der Waals surface area contributed by atoms with Gasteiger partial charge in [-0.1, -0.05) is 45.2 Å². The lowest BCUT2D eigenvalue weighted by Crippen LogP contribution is -2.27. The number of benzene rings is 2. The van der Waals surface area contributed by atoms with Gasteiger partial charge in [0, 0.05) is 17.8 Å². The van der Waals surface area contributed by atoms with Crippen LogP contribution >= 0.6 is 0 Å². The Balaban J connectivity index is 1.49. The molecule has 1 amide bonds. The highest BCUT2D eigenvalue weighted by Gasteiger charge is 2.16. The van der Waals surface area contributed by atoms with Crippen LogP contribution in [0.25, 0.3) is 0 Å². The molecular formula is C25H34N2O2. The van der Waals surface area contributed by atoms with Crippen molar-refractivity contribution in [3.05, 3.63) is 59.7 Å². The van der Waals surface area contributed by atoms with Gasteiger partial charge in [0.25, 0.3) is 5.91 Å². The Morgan fingerprint density at radius 3 is 2.24 bits per heavy atom. The van der Waals surface area contributed by atoms with E-state index < -0.39 is 0 Å². The number of amides is 1. The van der Waals surface area contributed by atoms with E-state index in [4.69, 9.17) is 4.74 Å². The van der Waals surface area contributed by atoms with Crippen molar-refractivity contribution >= 4 is 11.6 Å². The number of carbonyl (C=O) groups is 1. The summed E-state index contributed by atoms with van der Waals surface area (Å²) in [5.41, 5.74) is 2.85. The zero-order valence-corrected chi connectivity index (χ0v) is 17.8. The summed E-state index contributed by atoms with van der Waals surface area (Å²) in [5, 5.41) is 2.97. The van der Waals surface area contributed by atoms with Crippen molar-refractivity contribution in [3.8, 4) is 5.75 Å². The van der Waals surface area contributed by atoms with Crippen molar-refractivity contribution in [2.45, 2.75) is 51.9 Å². The maximum Gasteiger partial charge on any atom is 0.255 e. The second-order valence-electron chi connectivity index (χ2n) is 7.81. The molecular weight excluding hydrogens is 360 g/mol. The van der Waals surface area contributed by atoms with Crippen molar-refractivity contribution in [1.82, 2.24) is 4.90 Å². The Morgan fingerprint density at radius 1 is 0.966 bits per heavy atom. The SMILES string of the molecule is CCN(CC)CCOc1ccc(NC(=O)c2ccc(C3CCCCC3)cc2)cc1. The highest BCUT2D eigenvalue weighted by molar-refractivity contribution is 6.04. The van der Waals surface area contributed by atoms with Gasteiger partial charge in [-0.15, -0.1) is 0 Å². The van der Waals surface area contributed by atoms with Crippen LogP contribution in [0.15, 0.2) is 48.5 Å². The molecule has 2 aromatic rings. The second-order valence-corrected chi connectivity index (χ2v) is 7.81. The number of rotatable bonds is 9. The third-order valence-electron chi connectivity index (χ3n) is 5.93. The van der Waals surface area contributed by atoms with Gasteiger partial charge >= 0.3 is 0 Å². The number of hydrogen-bond acceptors (Lipinski definition) is 3. The van der Waals surface area contributed by atoms with E-state index in [0.717, 1.165) is 31.1 Å². The number of hydrogen-bond donors (Lipinski definition) is 1. The molecule has 0 heterocycles. The summed E-state index contributed by atoms with van der Waals surface area (Å²) in [6, 6.07) is 15.7. The molecule has 3 rings (SSSR count). The van der Waals surface area contributed by atoms with E-state index >= 15 is 0 Å². The third kappa shape index (κ3) is 6.33. The molecule has 2 aromatic carbocycles. The molecule has 156 valence electrons. The van der Waals surface area contributed by atoms with Crippen LogP contribution in [0.3, 0.4) is 0 Å². The molecule has 0 spiro atoms. The molecule has 0 atom stereocenters. The standard InChI is InChI=1S/C25H34N2O2/c1-3-27(4-2)18-19-29-24-16-14-23(15-17-24)26-25(28)22-12-10-21(11-13-22)20-8-6-5-7-9-20/h10-17,20H,3-9,18-19H2,1-2H3,(H,26,28). The van der Waals surface area contributed by atoms with Crippen LogP contribution in [0.4, 0.5) is 5.69 Å². The van der Waals surface area contributed by atoms with E-state index in [9.17, 15) is 4.79 Å². The van der Waals surface area contributed by atoms with Gasteiger partial charge in [-0.3, -0.25) is 4.79 Å². The van der Waals surface area contributed by atoms with E-state index in [1.807, 2.05) is 36.4 Å². The third-order valence-corrected chi connectivity index (χ3v) is 5.93. The fourth-order valence-electron chi connectivity index (χ4n) is 4.01. The number of nitrogens with zero attached hydrogens (tertiary/aromatic N) is 1. The molecule has 0 radical (unpaired) electrons. The molecule has 4 nitrogen and oxygen atoms in total. The van der Waals surface area contributed by atoms with Crippen LogP contribution in [0.2, 0.25) is 0 Å². The first-order chi connectivity index (χ1) is 14.2. The van der Waals surface area contributed by atoms with Gasteiger partial charge < -0.3 is 15.0 Å². The van der Waals surface area contributed by atoms with E-state index in [0.29, 0.717) is 18.1 Å². The van der Waals surface area contributed by atoms with Gasteiger partial charge in [-0.25, -0.2) is 0 Å². The van der Waals surface area contributed by atoms with E-state index in [-0.39, 0.29) is 5.91 Å². The van der Waals surface area contributed by atoms with Crippen molar-refractivity contribution in [3.63, 3.8) is 0 Å². The van der Waals surface area contributed by atoms with E-state index in [2.05, 4.69) is 36.2 Å². The molecule has 0 unspecified atom stereocenters. The number of likely N-dealkylation sites (N-methyl/N-ethyl adjacent to an activating group) is 1. The zero-order valence-electron chi connectivity index (χ0n) is 17.8. The van der Waals surface area contributed by atoms with Crippen LogP contribution < -0.4 is 10.1 Å². The fraction of sp³-hybridized carbons (Fsp3) is 0.480. The van der Waals surface area contributed by atoms with Crippen molar-refractivity contribution < 1.29 is 9.53 Å². The minimum absolute atomic E-state index is 0.0737. The largest absolute Gasteiger partial charge is 0.492 e. The summed E-state index contributed by atoms with van der Waals surface area (Å²) in [6.07, 6.45) is 6.55. The highest BCUT2D eigenvalue weighted by Crippen LogP contribution is 2.32. The molecule has 1 aliphatic carbocycles. The van der Waals surface area contributed by atoms with Gasteiger partial charge in [0.05, 0.1) is 0 Å². The number of ether oxygens (including phenoxy) is 1. The minimum Gasteiger partial charge on any atom is -0.492 e. The molecule has 0 bridgehead atoms. The number of anilines is 1. The lowest BCUT2D eigenvalue weighted by atomic mass is 9.84. The van der Waals surface area contributed by atoms with Gasteiger partial charge in [0.15, 0.2) is 0 Å². The Bertz CT molecular complexity index is 745. The summed E-state index contributed by atoms with van der Waals surface area (Å²) in [6.45, 7) is 7.97. The van der Waals surface area contributed by atoms with Crippen LogP contribution in [0, 0.1) is 0 Å². The van der Waals surface area contributed by atoms with Crippen LogP contribution in [-0.4, -0.2) is 37.0 Å². The molecule has 1 saturated carbocycles. The van der Waals surface area contributed by atoms with E-state index in [1.165, 1.54) is 37.7 Å². The average molecular weight is 395 g/mol. The molecule has 1 aliphatic rings. The fourth-order valence-corrected chi connectivity index (χ4v) is 4.01. The zero-order chi connectivity index (χ0) is 20.5. The highest BCUT2D eigenvalue weighted by atomic mass is 16.5. The molecule has 1 N–H and O–H groups in total. The van der Waals surface area contributed by atoms with Crippen molar-refractivity contribution in [2.24, 2.45) is 0 Å². The predicted octanol–water partition coefficient (Wildman–Crippen LogP) is 5.71. The number of carbonyl (C=O) groups excluding carboxylic acids is 1. The molecule has 29 heavy (non-hydrogen) atoms. The average Bonchev–Trinajstić information content (AvgIpc) is 2.78. The maximum absolute atomic E-state index is 12.6. The first-order valence-corrected chi connectivity index (χ1v) is 11.1. The Morgan fingerprint density at radius 2 is 1.62 bits per heavy atom. The normalized spacial score (nSPS) is 14.7. The summed E-state index contributed by atoms with van der Waals surface area (Å²) in [5.74, 6) is 1.41. The van der Waals surface area contributed by atoms with Crippen LogP contribution in [0.1, 0.15) is 67.8 Å². The summed E-state index contributed by atoms with van der Waals surface area (Å²) in [4.78, 5) is 14.9. The predicted molar refractivity (Wildman–Crippen MR) is 120 cm³/mol. The second kappa shape index (κ2) is 11.0. The van der Waals surface area contributed by atoms with Crippen LogP contribution in [0.5, 0.6) is 5.75 Å². The first-order valence-electron chi connectivity index (χ1n) is 11.1. The Labute approximate surface area is 175 Å². The van der Waals surface area contributed by atoms with Gasteiger partial charge in [-0.05, 0) is 73.8 Å². The van der Waals surface area contributed by atoms with Gasteiger partial charge in [0.1, 0.15) is 12.4 Å². The number of nitrogens with one attached hydrogen (secondary N) is 1. The van der Waals surface area contributed by atoms with Crippen molar-refractivity contribution in [2.75, 3.05) is 31.6 Å². The summed E-state index contributed by atoms with van der Waals surface area (Å²) in [7, 11) is 0. The summed E-state index contributed by atoms with van der Waals surface area (Å²) < 4.78 is 5.80. The monoisotopic (exact) mass is 394 g/mol. The van der Waals surface area contributed by atoms with Crippen molar-refractivity contribution in [1.29, 1.82) is 0 Å². The maximum atomic E-state index is 12.6. The van der Waals surface area contributed by atoms with Gasteiger partial charge in [-0.2, -0.15) is 0 Å². The first kappa shape index (κ1) is 21.4. The Kier molecular flexibility index (Phi) is 8.12. The molecule has 1 fully saturated rings. The molecule has 0 saturated heterocycles. The lowest BCUT2D eigenvalue weighted by molar-refractivity contribution is 0.102. The lowest BCUT2D eigenvalue weighted by Gasteiger charge is -2.22. The van der Waals surface area contributed by atoms with Crippen LogP contribution in [-0.2, 0) is 0 Å². The Hall–Kier alpha value is -2.33. The molecule has 0 aliphatic heterocycles. The molecule has 4 heteroatoms. The summed E-state index contributed by atoms with van der Waals surface area (Å²) >= 11 is 0. The minimum atomic E-state index is -0.0737.